The molecular formula is C21H24ClN3O3. The highest BCUT2D eigenvalue weighted by molar-refractivity contribution is 6.32. The summed E-state index contributed by atoms with van der Waals surface area (Å²) in [6.07, 6.45) is 1.94. The normalized spacial score (nSPS) is 16.4. The molecule has 3 rings (SSSR count). The van der Waals surface area contributed by atoms with Crippen LogP contribution in [0.1, 0.15) is 34.7 Å². The van der Waals surface area contributed by atoms with Gasteiger partial charge in [-0.1, -0.05) is 23.7 Å². The van der Waals surface area contributed by atoms with Crippen LogP contribution in [-0.2, 0) is 0 Å². The van der Waals surface area contributed by atoms with Crippen LogP contribution in [-0.4, -0.2) is 44.1 Å². The molecule has 3 amide bonds. The SMILES string of the molecule is CNC(=O)N1CCC[C@@H](c2cccc(C(=O)Nc3ccc(OC)c(Cl)c3)c2)C1. The minimum absolute atomic E-state index is 0.0602. The van der Waals surface area contributed by atoms with Gasteiger partial charge in [-0.05, 0) is 48.7 Å². The van der Waals surface area contributed by atoms with Crippen molar-refractivity contribution in [3.63, 3.8) is 0 Å². The molecule has 0 aliphatic carbocycles. The number of ether oxygens (including phenoxy) is 1. The molecule has 1 atom stereocenters. The molecule has 1 aliphatic heterocycles. The van der Waals surface area contributed by atoms with Crippen LogP contribution < -0.4 is 15.4 Å². The number of carbonyl (C=O) groups excluding carboxylic acids is 2. The van der Waals surface area contributed by atoms with Crippen molar-refractivity contribution in [1.29, 1.82) is 0 Å². The van der Waals surface area contributed by atoms with E-state index in [1.54, 1.807) is 38.4 Å². The Bertz CT molecular complexity index is 872. The highest BCUT2D eigenvalue weighted by Crippen LogP contribution is 2.29. The molecule has 2 aromatic carbocycles. The predicted octanol–water partition coefficient (Wildman–Crippen LogP) is 4.12. The number of amides is 3. The van der Waals surface area contributed by atoms with Crippen LogP contribution in [0.25, 0.3) is 0 Å². The maximum atomic E-state index is 12.7. The minimum Gasteiger partial charge on any atom is -0.495 e. The number of anilines is 1. The van der Waals surface area contributed by atoms with Crippen molar-refractivity contribution >= 4 is 29.2 Å². The first-order chi connectivity index (χ1) is 13.5. The summed E-state index contributed by atoms with van der Waals surface area (Å²) in [6, 6.07) is 12.6. The van der Waals surface area contributed by atoms with Crippen molar-refractivity contribution in [2.45, 2.75) is 18.8 Å². The first kappa shape index (κ1) is 20.0. The van der Waals surface area contributed by atoms with Crippen LogP contribution in [0.5, 0.6) is 5.75 Å². The largest absolute Gasteiger partial charge is 0.495 e. The molecule has 148 valence electrons. The standard InChI is InChI=1S/C21H24ClN3O3/c1-23-21(27)25-10-4-7-16(13-25)14-5-3-6-15(11-14)20(26)24-17-8-9-19(28-2)18(22)12-17/h3,5-6,8-9,11-12,16H,4,7,10,13H2,1-2H3,(H,23,27)(H,24,26)/t16-/m1/s1. The number of hydrogen-bond acceptors (Lipinski definition) is 3. The summed E-state index contributed by atoms with van der Waals surface area (Å²) in [5.41, 5.74) is 2.24. The summed E-state index contributed by atoms with van der Waals surface area (Å²) >= 11 is 6.12. The van der Waals surface area contributed by atoms with E-state index in [1.165, 1.54) is 0 Å². The fraction of sp³-hybridized carbons (Fsp3) is 0.333. The minimum atomic E-state index is -0.206. The van der Waals surface area contributed by atoms with E-state index in [-0.39, 0.29) is 17.9 Å². The fourth-order valence-electron chi connectivity index (χ4n) is 3.47. The van der Waals surface area contributed by atoms with E-state index >= 15 is 0 Å². The number of hydrogen-bond donors (Lipinski definition) is 2. The molecule has 1 fully saturated rings. The lowest BCUT2D eigenvalue weighted by molar-refractivity contribution is 0.102. The van der Waals surface area contributed by atoms with E-state index in [1.807, 2.05) is 23.1 Å². The molecule has 0 spiro atoms. The molecule has 6 nitrogen and oxygen atoms in total. The van der Waals surface area contributed by atoms with Crippen molar-refractivity contribution < 1.29 is 14.3 Å². The smallest absolute Gasteiger partial charge is 0.317 e. The van der Waals surface area contributed by atoms with Gasteiger partial charge in [0, 0.05) is 37.3 Å². The van der Waals surface area contributed by atoms with Gasteiger partial charge in [0.25, 0.3) is 5.91 Å². The van der Waals surface area contributed by atoms with E-state index in [0.29, 0.717) is 28.6 Å². The third-order valence-electron chi connectivity index (χ3n) is 4.95. The third kappa shape index (κ3) is 4.57. The number of benzene rings is 2. The van der Waals surface area contributed by atoms with Gasteiger partial charge in [-0.25, -0.2) is 4.79 Å². The molecule has 0 unspecified atom stereocenters. The second-order valence-corrected chi connectivity index (χ2v) is 7.18. The molecule has 1 aliphatic rings. The number of urea groups is 1. The molecular weight excluding hydrogens is 378 g/mol. The Hall–Kier alpha value is -2.73. The highest BCUT2D eigenvalue weighted by atomic mass is 35.5. The first-order valence-corrected chi connectivity index (χ1v) is 9.61. The van der Waals surface area contributed by atoms with E-state index in [9.17, 15) is 9.59 Å². The Balaban J connectivity index is 1.72. The van der Waals surface area contributed by atoms with Crippen molar-refractivity contribution in [1.82, 2.24) is 10.2 Å². The van der Waals surface area contributed by atoms with Crippen molar-refractivity contribution in [2.75, 3.05) is 32.6 Å². The number of halogens is 1. The van der Waals surface area contributed by atoms with Gasteiger partial charge in [0.2, 0.25) is 0 Å². The molecule has 2 aromatic rings. The second-order valence-electron chi connectivity index (χ2n) is 6.77. The molecule has 1 heterocycles. The predicted molar refractivity (Wildman–Crippen MR) is 110 cm³/mol. The van der Waals surface area contributed by atoms with Gasteiger partial charge in [-0.3, -0.25) is 4.79 Å². The van der Waals surface area contributed by atoms with Gasteiger partial charge in [0.15, 0.2) is 0 Å². The Morgan fingerprint density at radius 2 is 2.04 bits per heavy atom. The first-order valence-electron chi connectivity index (χ1n) is 9.23. The van der Waals surface area contributed by atoms with E-state index in [2.05, 4.69) is 10.6 Å². The van der Waals surface area contributed by atoms with E-state index in [4.69, 9.17) is 16.3 Å². The number of piperidine rings is 1. The lowest BCUT2D eigenvalue weighted by Gasteiger charge is -2.32. The summed E-state index contributed by atoms with van der Waals surface area (Å²) < 4.78 is 5.13. The van der Waals surface area contributed by atoms with E-state index in [0.717, 1.165) is 24.9 Å². The molecule has 7 heteroatoms. The van der Waals surface area contributed by atoms with Gasteiger partial charge in [-0.2, -0.15) is 0 Å². The van der Waals surface area contributed by atoms with Gasteiger partial charge >= 0.3 is 6.03 Å². The zero-order chi connectivity index (χ0) is 20.1. The maximum absolute atomic E-state index is 12.7. The molecule has 0 radical (unpaired) electrons. The summed E-state index contributed by atoms with van der Waals surface area (Å²) in [7, 11) is 3.18. The lowest BCUT2D eigenvalue weighted by Crippen LogP contribution is -2.43. The second kappa shape index (κ2) is 8.97. The number of nitrogens with one attached hydrogen (secondary N) is 2. The number of methoxy groups -OCH3 is 1. The molecule has 0 aromatic heterocycles. The quantitative estimate of drug-likeness (QED) is 0.809. The van der Waals surface area contributed by atoms with Crippen LogP contribution in [0.2, 0.25) is 5.02 Å². The van der Waals surface area contributed by atoms with Crippen LogP contribution in [0, 0.1) is 0 Å². The zero-order valence-corrected chi connectivity index (χ0v) is 16.8. The molecule has 2 N–H and O–H groups in total. The monoisotopic (exact) mass is 401 g/mol. The summed E-state index contributed by atoms with van der Waals surface area (Å²) in [5, 5.41) is 5.98. The van der Waals surface area contributed by atoms with Gasteiger partial charge < -0.3 is 20.3 Å². The van der Waals surface area contributed by atoms with Crippen molar-refractivity contribution in [2.24, 2.45) is 0 Å². The molecule has 28 heavy (non-hydrogen) atoms. The van der Waals surface area contributed by atoms with Crippen molar-refractivity contribution in [3.8, 4) is 5.75 Å². The van der Waals surface area contributed by atoms with Gasteiger partial charge in [0.1, 0.15) is 5.75 Å². The van der Waals surface area contributed by atoms with Gasteiger partial charge in [-0.15, -0.1) is 0 Å². The summed E-state index contributed by atoms with van der Waals surface area (Å²) in [6.45, 7) is 1.41. The number of likely N-dealkylation sites (tertiary alicyclic amines) is 1. The third-order valence-corrected chi connectivity index (χ3v) is 5.25. The Morgan fingerprint density at radius 3 is 2.75 bits per heavy atom. The number of nitrogens with zero attached hydrogens (tertiary/aromatic N) is 1. The van der Waals surface area contributed by atoms with Crippen LogP contribution in [0.3, 0.4) is 0 Å². The van der Waals surface area contributed by atoms with Crippen molar-refractivity contribution in [3.05, 3.63) is 58.6 Å². The number of rotatable bonds is 4. The van der Waals surface area contributed by atoms with Crippen LogP contribution in [0.4, 0.5) is 10.5 Å². The lowest BCUT2D eigenvalue weighted by atomic mass is 9.89. The summed E-state index contributed by atoms with van der Waals surface area (Å²) in [4.78, 5) is 26.4. The Morgan fingerprint density at radius 1 is 1.21 bits per heavy atom. The Labute approximate surface area is 169 Å². The molecule has 0 saturated carbocycles. The summed E-state index contributed by atoms with van der Waals surface area (Å²) in [5.74, 6) is 0.566. The topological polar surface area (TPSA) is 70.7 Å². The molecule has 0 bridgehead atoms. The highest BCUT2D eigenvalue weighted by Gasteiger charge is 2.24. The Kier molecular flexibility index (Phi) is 6.41. The average Bonchev–Trinajstić information content (AvgIpc) is 2.73. The maximum Gasteiger partial charge on any atom is 0.317 e. The average molecular weight is 402 g/mol. The zero-order valence-electron chi connectivity index (χ0n) is 16.0. The van der Waals surface area contributed by atoms with Crippen LogP contribution in [0.15, 0.2) is 42.5 Å². The molecule has 1 saturated heterocycles. The number of carbonyl (C=O) groups is 2. The van der Waals surface area contributed by atoms with E-state index < -0.39 is 0 Å². The van der Waals surface area contributed by atoms with Crippen LogP contribution >= 0.6 is 11.6 Å². The van der Waals surface area contributed by atoms with Gasteiger partial charge in [0.05, 0.1) is 12.1 Å². The fourth-order valence-corrected chi connectivity index (χ4v) is 3.73.